The predicted molar refractivity (Wildman–Crippen MR) is 41.9 cm³/mol. The first-order chi connectivity index (χ1) is 4.95. The van der Waals surface area contributed by atoms with Crippen LogP contribution < -0.4 is 5.32 Å². The van der Waals surface area contributed by atoms with Crippen LogP contribution in [0.5, 0.6) is 0 Å². The Morgan fingerprint density at radius 1 is 1.20 bits per heavy atom. The molecule has 1 nitrogen and oxygen atoms in total. The monoisotopic (exact) mass is 133 g/mol. The summed E-state index contributed by atoms with van der Waals surface area (Å²) in [6.07, 6.45) is 1.17. The molecule has 0 aliphatic carbocycles. The Kier molecular flexibility index (Phi) is 1.44. The van der Waals surface area contributed by atoms with Crippen molar-refractivity contribution in [3.63, 3.8) is 0 Å². The number of nitrogens with one attached hydrogen (secondary N) is 1. The number of rotatable bonds is 0. The Balaban J connectivity index is 2.41. The zero-order valence-electron chi connectivity index (χ0n) is 5.93. The molecule has 0 unspecified atom stereocenters. The maximum absolute atomic E-state index is 3.36. The normalized spacial score (nSPS) is 16.4. The van der Waals surface area contributed by atoms with Crippen LogP contribution in [0, 0.1) is 0 Å². The molecule has 1 aromatic carbocycles. The maximum atomic E-state index is 3.36. The second kappa shape index (κ2) is 2.43. The Morgan fingerprint density at radius 3 is 3.10 bits per heavy atom. The number of hydrogen-bond acceptors (Lipinski definition) is 1. The molecule has 1 heterocycles. The summed E-state index contributed by atoms with van der Waals surface area (Å²) in [5.74, 6) is 0. The summed E-state index contributed by atoms with van der Waals surface area (Å²) in [7, 11) is 0. The van der Waals surface area contributed by atoms with E-state index in [0.29, 0.717) is 0 Å². The zero-order valence-corrected chi connectivity index (χ0v) is 5.93. The average molecular weight is 133 g/mol. The van der Waals surface area contributed by atoms with Crippen LogP contribution in [0.15, 0.2) is 24.3 Å². The van der Waals surface area contributed by atoms with Gasteiger partial charge in [-0.25, -0.2) is 0 Å². The van der Waals surface area contributed by atoms with E-state index in [1.165, 1.54) is 17.5 Å². The van der Waals surface area contributed by atoms with Crippen molar-refractivity contribution in [1.82, 2.24) is 5.32 Å². The van der Waals surface area contributed by atoms with Crippen molar-refractivity contribution in [2.45, 2.75) is 13.0 Å². The molecule has 0 amide bonds. The molecule has 1 N–H and O–H groups in total. The molecule has 1 heteroatoms. The van der Waals surface area contributed by atoms with Gasteiger partial charge in [0.05, 0.1) is 0 Å². The summed E-state index contributed by atoms with van der Waals surface area (Å²) >= 11 is 0. The Morgan fingerprint density at radius 2 is 2.10 bits per heavy atom. The number of hydrogen-bond donors (Lipinski definition) is 1. The van der Waals surface area contributed by atoms with Crippen molar-refractivity contribution in [3.05, 3.63) is 35.4 Å². The summed E-state index contributed by atoms with van der Waals surface area (Å²) in [5, 5.41) is 3.36. The van der Waals surface area contributed by atoms with Gasteiger partial charge in [-0.3, -0.25) is 0 Å². The Bertz CT molecular complexity index is 209. The van der Waals surface area contributed by atoms with Crippen LogP contribution in [0.2, 0.25) is 0 Å². The van der Waals surface area contributed by atoms with E-state index in [2.05, 4.69) is 29.6 Å². The van der Waals surface area contributed by atoms with Gasteiger partial charge in [0.15, 0.2) is 0 Å². The summed E-state index contributed by atoms with van der Waals surface area (Å²) in [5.41, 5.74) is 2.87. The molecule has 0 fully saturated rings. The van der Waals surface area contributed by atoms with Crippen LogP contribution >= 0.6 is 0 Å². The van der Waals surface area contributed by atoms with Crippen LogP contribution in [0.3, 0.4) is 0 Å². The van der Waals surface area contributed by atoms with Crippen molar-refractivity contribution in [2.24, 2.45) is 0 Å². The Hall–Kier alpha value is -0.820. The fourth-order valence-electron chi connectivity index (χ4n) is 1.36. The van der Waals surface area contributed by atoms with E-state index in [4.69, 9.17) is 0 Å². The molecule has 0 spiro atoms. The van der Waals surface area contributed by atoms with Crippen LogP contribution in [0.4, 0.5) is 0 Å². The second-order valence-corrected chi connectivity index (χ2v) is 2.75. The van der Waals surface area contributed by atoms with Gasteiger partial charge in [0.2, 0.25) is 0 Å². The standard InChI is InChI=1S/C9H11N/c1-2-8-4-5-10-7-9(3-1)6-8/h1-3,6,10H,4-5,7H2. The van der Waals surface area contributed by atoms with Crippen molar-refractivity contribution >= 4 is 0 Å². The van der Waals surface area contributed by atoms with Gasteiger partial charge in [-0.1, -0.05) is 24.3 Å². The first-order valence-corrected chi connectivity index (χ1v) is 3.74. The summed E-state index contributed by atoms with van der Waals surface area (Å²) in [6.45, 7) is 2.15. The third kappa shape index (κ3) is 1.05. The quantitative estimate of drug-likeness (QED) is 0.563. The third-order valence-electron chi connectivity index (χ3n) is 1.91. The first-order valence-electron chi connectivity index (χ1n) is 3.74. The summed E-state index contributed by atoms with van der Waals surface area (Å²) in [6, 6.07) is 8.77. The molecule has 10 heavy (non-hydrogen) atoms. The molecular formula is C9H11N. The minimum Gasteiger partial charge on any atom is -0.312 e. The van der Waals surface area contributed by atoms with E-state index in [1.54, 1.807) is 0 Å². The predicted octanol–water partition coefficient (Wildman–Crippen LogP) is 1.33. The van der Waals surface area contributed by atoms with Gasteiger partial charge in [0, 0.05) is 6.54 Å². The molecule has 1 aliphatic rings. The average Bonchev–Trinajstić information content (AvgIpc) is 2.12. The highest BCUT2D eigenvalue weighted by molar-refractivity contribution is 5.24. The van der Waals surface area contributed by atoms with Gasteiger partial charge in [-0.2, -0.15) is 0 Å². The number of benzene rings is 1. The third-order valence-corrected chi connectivity index (χ3v) is 1.91. The largest absolute Gasteiger partial charge is 0.312 e. The zero-order chi connectivity index (χ0) is 6.81. The lowest BCUT2D eigenvalue weighted by Crippen LogP contribution is -2.13. The summed E-state index contributed by atoms with van der Waals surface area (Å²) in [4.78, 5) is 0. The molecular weight excluding hydrogens is 122 g/mol. The SMILES string of the molecule is c1cc2cc(c1)CNCC2. The lowest BCUT2D eigenvalue weighted by atomic mass is 10.1. The molecule has 2 rings (SSSR count). The maximum Gasteiger partial charge on any atom is 0.0205 e. The van der Waals surface area contributed by atoms with Gasteiger partial charge in [0.1, 0.15) is 0 Å². The van der Waals surface area contributed by atoms with Crippen molar-refractivity contribution in [2.75, 3.05) is 6.54 Å². The molecule has 0 atom stereocenters. The minimum atomic E-state index is 1.04. The van der Waals surface area contributed by atoms with Crippen LogP contribution in [0.25, 0.3) is 0 Å². The molecule has 0 aromatic heterocycles. The molecule has 1 aromatic rings. The molecule has 1 aliphatic heterocycles. The number of fused-ring (bicyclic) bond motifs is 2. The van der Waals surface area contributed by atoms with Crippen LogP contribution in [0.1, 0.15) is 11.1 Å². The lowest BCUT2D eigenvalue weighted by molar-refractivity contribution is 0.704. The van der Waals surface area contributed by atoms with E-state index < -0.39 is 0 Å². The first kappa shape index (κ1) is 5.93. The fraction of sp³-hybridized carbons (Fsp3) is 0.333. The van der Waals surface area contributed by atoms with Crippen molar-refractivity contribution in [3.8, 4) is 0 Å². The Labute approximate surface area is 61.1 Å². The van der Waals surface area contributed by atoms with Gasteiger partial charge in [-0.15, -0.1) is 0 Å². The van der Waals surface area contributed by atoms with Gasteiger partial charge in [-0.05, 0) is 24.1 Å². The highest BCUT2D eigenvalue weighted by atomic mass is 14.8. The van der Waals surface area contributed by atoms with Gasteiger partial charge >= 0.3 is 0 Å². The molecule has 0 radical (unpaired) electrons. The van der Waals surface area contributed by atoms with Gasteiger partial charge in [0.25, 0.3) is 0 Å². The van der Waals surface area contributed by atoms with E-state index in [1.807, 2.05) is 0 Å². The van der Waals surface area contributed by atoms with Crippen molar-refractivity contribution < 1.29 is 0 Å². The highest BCUT2D eigenvalue weighted by Crippen LogP contribution is 2.08. The van der Waals surface area contributed by atoms with Crippen LogP contribution in [-0.2, 0) is 13.0 Å². The highest BCUT2D eigenvalue weighted by Gasteiger charge is 2.00. The van der Waals surface area contributed by atoms with Gasteiger partial charge < -0.3 is 5.32 Å². The molecule has 2 bridgehead atoms. The smallest absolute Gasteiger partial charge is 0.0205 e. The van der Waals surface area contributed by atoms with E-state index in [0.717, 1.165) is 13.1 Å². The second-order valence-electron chi connectivity index (χ2n) is 2.75. The minimum absolute atomic E-state index is 1.04. The van der Waals surface area contributed by atoms with E-state index >= 15 is 0 Å². The van der Waals surface area contributed by atoms with Crippen LogP contribution in [-0.4, -0.2) is 6.54 Å². The molecule has 52 valence electrons. The van der Waals surface area contributed by atoms with Crippen molar-refractivity contribution in [1.29, 1.82) is 0 Å². The van der Waals surface area contributed by atoms with E-state index in [-0.39, 0.29) is 0 Å². The van der Waals surface area contributed by atoms with E-state index in [9.17, 15) is 0 Å². The molecule has 0 saturated heterocycles. The lowest BCUT2D eigenvalue weighted by Gasteiger charge is -1.95. The molecule has 0 saturated carbocycles. The topological polar surface area (TPSA) is 12.0 Å². The fourth-order valence-corrected chi connectivity index (χ4v) is 1.36. The summed E-state index contributed by atoms with van der Waals surface area (Å²) < 4.78 is 0.